The van der Waals surface area contributed by atoms with Crippen LogP contribution in [0.3, 0.4) is 0 Å². The number of phenols is 1. The summed E-state index contributed by atoms with van der Waals surface area (Å²) in [5.41, 5.74) is -1.32. The van der Waals surface area contributed by atoms with Gasteiger partial charge in [-0.05, 0) is 54.7 Å². The Labute approximate surface area is 368 Å². The van der Waals surface area contributed by atoms with Crippen molar-refractivity contribution < 1.29 is 60.1 Å². The predicted octanol–water partition coefficient (Wildman–Crippen LogP) is 8.23. The molecule has 3 fully saturated rings. The molecule has 2 N–H and O–H groups in total. The zero-order chi connectivity index (χ0) is 45.7. The van der Waals surface area contributed by atoms with Gasteiger partial charge in [0.05, 0.1) is 53.0 Å². The second kappa shape index (κ2) is 15.5. The van der Waals surface area contributed by atoms with Gasteiger partial charge in [-0.15, -0.1) is 0 Å². The Morgan fingerprint density at radius 3 is 2.10 bits per heavy atom. The summed E-state index contributed by atoms with van der Waals surface area (Å²) in [5.74, 6) is -11.2. The minimum absolute atomic E-state index is 0.0211. The summed E-state index contributed by atoms with van der Waals surface area (Å²) in [7, 11) is 3.72. The van der Waals surface area contributed by atoms with Crippen LogP contribution in [0.2, 0.25) is 15.1 Å². The third kappa shape index (κ3) is 6.86. The lowest BCUT2D eigenvalue weighted by molar-refractivity contribution is -0.142. The van der Waals surface area contributed by atoms with Crippen molar-refractivity contribution in [3.8, 4) is 17.2 Å². The van der Waals surface area contributed by atoms with Crippen molar-refractivity contribution in [2.75, 3.05) is 31.7 Å². The number of aromatic hydroxyl groups is 1. The van der Waals surface area contributed by atoms with Gasteiger partial charge in [0.15, 0.2) is 11.6 Å². The lowest BCUT2D eigenvalue weighted by Crippen LogP contribution is -2.53. The number of hydrazine groups is 2. The fourth-order valence-electron chi connectivity index (χ4n) is 9.50. The van der Waals surface area contributed by atoms with Crippen LogP contribution in [-0.4, -0.2) is 70.0 Å². The first-order valence-electron chi connectivity index (χ1n) is 18.8. The Balaban J connectivity index is 1.32. The molecule has 2 saturated heterocycles. The summed E-state index contributed by atoms with van der Waals surface area (Å²) in [6.07, 6.45) is -8.06. The number of nitrogens with one attached hydrogen (secondary N) is 1. The van der Waals surface area contributed by atoms with Crippen LogP contribution < -0.4 is 19.9 Å². The number of pyridine rings is 2. The van der Waals surface area contributed by atoms with Crippen LogP contribution in [0.1, 0.15) is 41.1 Å². The molecule has 1 saturated carbocycles. The van der Waals surface area contributed by atoms with E-state index in [0.717, 1.165) is 18.1 Å². The molecular weight excluding hydrogens is 909 g/mol. The number of imide groups is 2. The molecule has 4 aromatic rings. The van der Waals surface area contributed by atoms with E-state index >= 15 is 9.59 Å². The van der Waals surface area contributed by atoms with Gasteiger partial charge in [-0.2, -0.15) is 36.4 Å². The summed E-state index contributed by atoms with van der Waals surface area (Å²) >= 11 is 18.9. The highest BCUT2D eigenvalue weighted by atomic mass is 35.5. The molecule has 13 nitrogen and oxygen atoms in total. The number of benzene rings is 2. The molecule has 2 aromatic heterocycles. The number of methoxy groups -OCH3 is 2. The van der Waals surface area contributed by atoms with E-state index in [1.54, 1.807) is 6.08 Å². The smallest absolute Gasteiger partial charge is 0.433 e. The zero-order valence-corrected chi connectivity index (χ0v) is 35.0. The number of ether oxygens (including phenoxy) is 2. The van der Waals surface area contributed by atoms with Gasteiger partial charge in [0.1, 0.15) is 22.9 Å². The normalized spacial score (nSPS) is 24.5. The molecule has 22 heteroatoms. The van der Waals surface area contributed by atoms with Gasteiger partial charge in [-0.1, -0.05) is 58.6 Å². The number of alkyl halides is 6. The lowest BCUT2D eigenvalue weighted by atomic mass is 9.49. The van der Waals surface area contributed by atoms with E-state index in [0.29, 0.717) is 33.9 Å². The number of carbonyl (C=O) groups excluding carboxylic acids is 4. The van der Waals surface area contributed by atoms with Crippen LogP contribution in [0.15, 0.2) is 72.4 Å². The third-order valence-corrected chi connectivity index (χ3v) is 12.9. The Morgan fingerprint density at radius 1 is 0.857 bits per heavy atom. The molecule has 2 aliphatic heterocycles. The van der Waals surface area contributed by atoms with Crippen molar-refractivity contribution in [2.45, 2.75) is 36.5 Å². The Morgan fingerprint density at radius 2 is 1.51 bits per heavy atom. The number of amides is 4. The number of aromatic nitrogens is 2. The van der Waals surface area contributed by atoms with E-state index in [1.165, 1.54) is 50.6 Å². The number of allylic oxidation sites excluding steroid dienone is 2. The molecule has 0 unspecified atom stereocenters. The number of phenolic OH excluding ortho intramolecular Hbond substituents is 1. The molecule has 4 heterocycles. The second-order valence-electron chi connectivity index (χ2n) is 15.2. The highest BCUT2D eigenvalue weighted by Crippen LogP contribution is 2.66. The number of hydrogen-bond donors (Lipinski definition) is 2. The van der Waals surface area contributed by atoms with Gasteiger partial charge in [0, 0.05) is 41.9 Å². The monoisotopic (exact) mass is 938 g/mol. The highest BCUT2D eigenvalue weighted by Gasteiger charge is 2.71. The van der Waals surface area contributed by atoms with Crippen molar-refractivity contribution in [1.29, 1.82) is 0 Å². The van der Waals surface area contributed by atoms with E-state index in [4.69, 9.17) is 44.3 Å². The van der Waals surface area contributed by atoms with Crippen LogP contribution in [0.4, 0.5) is 38.0 Å². The van der Waals surface area contributed by atoms with Gasteiger partial charge in [-0.25, -0.2) is 9.97 Å². The van der Waals surface area contributed by atoms with Gasteiger partial charge < -0.3 is 14.6 Å². The molecule has 0 radical (unpaired) electrons. The average molecular weight is 940 g/mol. The zero-order valence-electron chi connectivity index (χ0n) is 32.7. The molecule has 8 rings (SSSR count). The standard InChI is InChI=1S/C41H31Cl3F6N6O7/c1-54(34-25(43)10-11-29(52-34)41(48,49)50)56-35(58)22-9-8-21-23(30(22)37(56)60)15-24-36(59)55(53-33-26(44)12-18(16-51-33)40(45,46)47)38(61)39(24,17-4-6-19(42)7-5-17)32(21)31-27(62-2)13-20(57)14-28(31)63-3/h4-8,10-14,16,22-24,30,32,57H,9,15H2,1-3H3,(H,51,53)/t22-,23+,24-,30-,32+,39+/m0/s1. The van der Waals surface area contributed by atoms with Gasteiger partial charge in [0.2, 0.25) is 0 Å². The number of nitrogens with zero attached hydrogens (tertiary/aromatic N) is 5. The fourth-order valence-corrected chi connectivity index (χ4v) is 10.1. The predicted molar refractivity (Wildman–Crippen MR) is 213 cm³/mol. The van der Waals surface area contributed by atoms with Crippen LogP contribution >= 0.6 is 34.8 Å². The van der Waals surface area contributed by atoms with Crippen molar-refractivity contribution in [3.63, 3.8) is 0 Å². The molecule has 2 aliphatic carbocycles. The minimum Gasteiger partial charge on any atom is -0.508 e. The molecular formula is C41H31Cl3F6N6O7. The Bertz CT molecular complexity index is 2610. The summed E-state index contributed by atoms with van der Waals surface area (Å²) in [6.45, 7) is 0. The average Bonchev–Trinajstić information content (AvgIpc) is 3.61. The van der Waals surface area contributed by atoms with Crippen LogP contribution in [-0.2, 0) is 36.9 Å². The molecule has 4 aliphatic rings. The molecule has 0 bridgehead atoms. The highest BCUT2D eigenvalue weighted by molar-refractivity contribution is 6.33. The number of rotatable bonds is 8. The van der Waals surface area contributed by atoms with Crippen molar-refractivity contribution in [3.05, 3.63) is 110 Å². The van der Waals surface area contributed by atoms with Gasteiger partial charge in [-0.3, -0.25) is 29.6 Å². The molecule has 6 atom stereocenters. The summed E-state index contributed by atoms with van der Waals surface area (Å²) in [6, 6.07) is 10.6. The number of hydrogen-bond acceptors (Lipinski definition) is 11. The number of anilines is 2. The SMILES string of the molecule is COc1cc(O)cc(OC)c1[C@H]1C2=CC[C@@H]3C(=O)N(N(C)c4nc(C(F)(F)F)ccc4Cl)C(=O)[C@@H]3[C@@H]2C[C@H]2C(=O)N(Nc3ncc(C(F)(F)F)cc3Cl)C(=O)[C@@]12c1ccc(Cl)cc1. The van der Waals surface area contributed by atoms with E-state index in [2.05, 4.69) is 15.4 Å². The lowest BCUT2D eigenvalue weighted by Gasteiger charge is -2.51. The van der Waals surface area contributed by atoms with Crippen molar-refractivity contribution >= 4 is 70.1 Å². The largest absolute Gasteiger partial charge is 0.508 e. The molecule has 330 valence electrons. The summed E-state index contributed by atoms with van der Waals surface area (Å²) in [4.78, 5) is 67.1. The van der Waals surface area contributed by atoms with Crippen LogP contribution in [0.5, 0.6) is 17.2 Å². The maximum atomic E-state index is 15.6. The minimum atomic E-state index is -4.90. The third-order valence-electron chi connectivity index (χ3n) is 12.1. The molecule has 63 heavy (non-hydrogen) atoms. The number of halogens is 9. The molecule has 4 amide bonds. The maximum Gasteiger partial charge on any atom is 0.433 e. The molecule has 0 spiro atoms. The van der Waals surface area contributed by atoms with E-state index in [1.807, 2.05) is 0 Å². The van der Waals surface area contributed by atoms with E-state index < -0.39 is 98.9 Å². The molecule has 2 aromatic carbocycles. The number of fused-ring (bicyclic) bond motifs is 4. The Hall–Kier alpha value is -5.79. The van der Waals surface area contributed by atoms with Crippen molar-refractivity contribution in [2.24, 2.45) is 23.7 Å². The van der Waals surface area contributed by atoms with Gasteiger partial charge in [0.25, 0.3) is 23.6 Å². The summed E-state index contributed by atoms with van der Waals surface area (Å²) in [5, 5.41) is 12.2. The Kier molecular flexibility index (Phi) is 10.8. The van der Waals surface area contributed by atoms with Crippen molar-refractivity contribution in [1.82, 2.24) is 20.0 Å². The van der Waals surface area contributed by atoms with Crippen LogP contribution in [0.25, 0.3) is 0 Å². The first-order valence-corrected chi connectivity index (χ1v) is 19.9. The second-order valence-corrected chi connectivity index (χ2v) is 16.4. The van der Waals surface area contributed by atoms with E-state index in [9.17, 15) is 41.0 Å². The summed E-state index contributed by atoms with van der Waals surface area (Å²) < 4.78 is 93.6. The van der Waals surface area contributed by atoms with Crippen LogP contribution in [0, 0.1) is 23.7 Å². The first kappa shape index (κ1) is 43.8. The first-order chi connectivity index (χ1) is 29.6. The fraction of sp³-hybridized carbons (Fsp3) is 0.317. The quantitative estimate of drug-likeness (QED) is 0.0998. The number of carbonyl (C=O) groups is 4. The van der Waals surface area contributed by atoms with E-state index in [-0.39, 0.29) is 51.3 Å². The van der Waals surface area contributed by atoms with Gasteiger partial charge >= 0.3 is 12.4 Å². The topological polar surface area (TPSA) is 154 Å². The maximum absolute atomic E-state index is 15.6.